The number of aryl methyl sites for hydroxylation is 2. The molecular weight excluding hydrogens is 288 g/mol. The number of nitrogens with zero attached hydrogens (tertiary/aromatic N) is 4. The Morgan fingerprint density at radius 1 is 1.22 bits per heavy atom. The molecule has 23 heavy (non-hydrogen) atoms. The molecule has 0 N–H and O–H groups in total. The van der Waals surface area contributed by atoms with Crippen molar-refractivity contribution in [2.24, 2.45) is 0 Å². The van der Waals surface area contributed by atoms with E-state index in [4.69, 9.17) is 9.40 Å². The summed E-state index contributed by atoms with van der Waals surface area (Å²) in [5.41, 5.74) is 4.31. The number of rotatable bonds is 3. The molecule has 5 nitrogen and oxygen atoms in total. The van der Waals surface area contributed by atoms with Crippen molar-refractivity contribution in [3.05, 3.63) is 40.9 Å². The Balaban J connectivity index is 1.48. The molecule has 1 fully saturated rings. The normalized spacial score (nSPS) is 22.0. The first-order chi connectivity index (χ1) is 11.3. The van der Waals surface area contributed by atoms with Crippen molar-refractivity contribution in [3.63, 3.8) is 0 Å². The van der Waals surface area contributed by atoms with Gasteiger partial charge in [0.2, 0.25) is 11.8 Å². The maximum absolute atomic E-state index is 5.65. The highest BCUT2D eigenvalue weighted by molar-refractivity contribution is 5.32. The van der Waals surface area contributed by atoms with Gasteiger partial charge in [0.05, 0.1) is 11.6 Å². The number of hydrogen-bond acceptors (Lipinski definition) is 5. The molecule has 2 aromatic rings. The topological polar surface area (TPSA) is 55.1 Å². The van der Waals surface area contributed by atoms with E-state index in [9.17, 15) is 0 Å². The summed E-state index contributed by atoms with van der Waals surface area (Å²) in [4.78, 5) is 7.20. The molecule has 0 bridgehead atoms. The number of pyridine rings is 1. The van der Waals surface area contributed by atoms with Gasteiger partial charge in [-0.2, -0.15) is 0 Å². The van der Waals surface area contributed by atoms with Gasteiger partial charge < -0.3 is 4.42 Å². The average molecular weight is 312 g/mol. The molecule has 4 rings (SSSR count). The summed E-state index contributed by atoms with van der Waals surface area (Å²) >= 11 is 0. The molecule has 1 aliphatic heterocycles. The Bertz CT molecular complexity index is 681. The monoisotopic (exact) mass is 312 g/mol. The summed E-state index contributed by atoms with van der Waals surface area (Å²) in [6.45, 7) is 4.94. The fourth-order valence-corrected chi connectivity index (χ4v) is 3.96. The molecule has 1 aliphatic carbocycles. The van der Waals surface area contributed by atoms with Crippen molar-refractivity contribution in [1.82, 2.24) is 20.1 Å². The van der Waals surface area contributed by atoms with Crippen molar-refractivity contribution in [3.8, 4) is 0 Å². The molecule has 0 aromatic carbocycles. The number of hydrogen-bond donors (Lipinski definition) is 0. The minimum Gasteiger partial charge on any atom is -0.425 e. The van der Waals surface area contributed by atoms with Gasteiger partial charge in [-0.25, -0.2) is 0 Å². The van der Waals surface area contributed by atoms with Gasteiger partial charge in [0.1, 0.15) is 0 Å². The van der Waals surface area contributed by atoms with Crippen LogP contribution in [-0.2, 0) is 19.4 Å². The van der Waals surface area contributed by atoms with Crippen LogP contribution in [0.2, 0.25) is 0 Å². The number of fused-ring (bicyclic) bond motifs is 1. The van der Waals surface area contributed by atoms with Gasteiger partial charge in [-0.05, 0) is 62.3 Å². The van der Waals surface area contributed by atoms with Gasteiger partial charge in [0, 0.05) is 26.2 Å². The van der Waals surface area contributed by atoms with Crippen molar-refractivity contribution in [2.75, 3.05) is 13.1 Å². The molecule has 1 unspecified atom stereocenters. The molecule has 0 radical (unpaired) electrons. The zero-order chi connectivity index (χ0) is 15.6. The summed E-state index contributed by atoms with van der Waals surface area (Å²) in [6, 6.07) is 2.21. The van der Waals surface area contributed by atoms with E-state index in [-0.39, 0.29) is 0 Å². The fourth-order valence-electron chi connectivity index (χ4n) is 3.96. The first-order valence-electron chi connectivity index (χ1n) is 8.77. The van der Waals surface area contributed by atoms with Gasteiger partial charge in [-0.1, -0.05) is 0 Å². The lowest BCUT2D eigenvalue weighted by Crippen LogP contribution is -2.34. The Morgan fingerprint density at radius 2 is 2.13 bits per heavy atom. The molecule has 3 heterocycles. The van der Waals surface area contributed by atoms with E-state index < -0.39 is 0 Å². The van der Waals surface area contributed by atoms with Crippen molar-refractivity contribution in [1.29, 1.82) is 0 Å². The Morgan fingerprint density at radius 3 is 3.00 bits per heavy atom. The van der Waals surface area contributed by atoms with E-state index >= 15 is 0 Å². The second kappa shape index (κ2) is 6.40. The first-order valence-corrected chi connectivity index (χ1v) is 8.77. The van der Waals surface area contributed by atoms with Gasteiger partial charge in [-0.15, -0.1) is 10.2 Å². The van der Waals surface area contributed by atoms with Crippen LogP contribution in [0.15, 0.2) is 16.7 Å². The second-order valence-corrected chi connectivity index (χ2v) is 6.84. The van der Waals surface area contributed by atoms with E-state index in [1.165, 1.54) is 48.9 Å². The molecule has 0 saturated carbocycles. The van der Waals surface area contributed by atoms with E-state index in [0.717, 1.165) is 31.9 Å². The lowest BCUT2D eigenvalue weighted by atomic mass is 9.90. The van der Waals surface area contributed by atoms with E-state index in [2.05, 4.69) is 21.2 Å². The third-order valence-corrected chi connectivity index (χ3v) is 5.13. The van der Waals surface area contributed by atoms with E-state index in [1.54, 1.807) is 0 Å². The molecule has 2 aromatic heterocycles. The Labute approximate surface area is 137 Å². The Hall–Kier alpha value is -1.75. The molecule has 0 amide bonds. The lowest BCUT2D eigenvalue weighted by Gasteiger charge is -2.31. The summed E-state index contributed by atoms with van der Waals surface area (Å²) in [5, 5.41) is 8.20. The maximum Gasteiger partial charge on any atom is 0.220 e. The standard InChI is InChI=1S/C18H24N4O/c1-13-20-21-18(23-13)15-6-4-10-22(11-15)12-17-16-7-3-2-5-14(16)8-9-19-17/h8-9,15H,2-7,10-12H2,1H3. The summed E-state index contributed by atoms with van der Waals surface area (Å²) < 4.78 is 5.65. The Kier molecular flexibility index (Phi) is 4.12. The molecule has 1 atom stereocenters. The molecule has 1 saturated heterocycles. The van der Waals surface area contributed by atoms with Gasteiger partial charge >= 0.3 is 0 Å². The quantitative estimate of drug-likeness (QED) is 0.872. The zero-order valence-corrected chi connectivity index (χ0v) is 13.8. The van der Waals surface area contributed by atoms with Crippen LogP contribution in [0.1, 0.15) is 60.2 Å². The SMILES string of the molecule is Cc1nnc(C2CCCN(Cc3nccc4c3CCCC4)C2)o1. The fraction of sp³-hybridized carbons (Fsp3) is 0.611. The van der Waals surface area contributed by atoms with Gasteiger partial charge in [0.15, 0.2) is 0 Å². The third kappa shape index (κ3) is 3.15. The minimum absolute atomic E-state index is 0.365. The predicted molar refractivity (Wildman–Crippen MR) is 87.2 cm³/mol. The number of piperidine rings is 1. The van der Waals surface area contributed by atoms with Crippen molar-refractivity contribution in [2.45, 2.75) is 57.9 Å². The summed E-state index contributed by atoms with van der Waals surface area (Å²) in [6.07, 6.45) is 9.34. The highest BCUT2D eigenvalue weighted by Gasteiger charge is 2.26. The highest BCUT2D eigenvalue weighted by Crippen LogP contribution is 2.28. The lowest BCUT2D eigenvalue weighted by molar-refractivity contribution is 0.183. The second-order valence-electron chi connectivity index (χ2n) is 6.84. The highest BCUT2D eigenvalue weighted by atomic mass is 16.4. The minimum atomic E-state index is 0.365. The molecule has 0 spiro atoms. The van der Waals surface area contributed by atoms with Crippen molar-refractivity contribution < 1.29 is 4.42 Å². The number of aromatic nitrogens is 3. The summed E-state index contributed by atoms with van der Waals surface area (Å²) in [5.74, 6) is 1.83. The van der Waals surface area contributed by atoms with Crippen LogP contribution in [0, 0.1) is 6.92 Å². The van der Waals surface area contributed by atoms with Crippen LogP contribution in [0.3, 0.4) is 0 Å². The van der Waals surface area contributed by atoms with E-state index in [1.807, 2.05) is 13.1 Å². The van der Waals surface area contributed by atoms with Crippen molar-refractivity contribution >= 4 is 0 Å². The smallest absolute Gasteiger partial charge is 0.220 e. The maximum atomic E-state index is 5.65. The molecule has 2 aliphatic rings. The first kappa shape index (κ1) is 14.8. The third-order valence-electron chi connectivity index (χ3n) is 5.13. The van der Waals surface area contributed by atoms with Crippen LogP contribution in [-0.4, -0.2) is 33.2 Å². The predicted octanol–water partition coefficient (Wildman–Crippen LogP) is 3.03. The van der Waals surface area contributed by atoms with Crippen LogP contribution in [0.5, 0.6) is 0 Å². The molecular formula is C18H24N4O. The van der Waals surface area contributed by atoms with E-state index in [0.29, 0.717) is 11.8 Å². The average Bonchev–Trinajstić information content (AvgIpc) is 3.02. The molecule has 122 valence electrons. The van der Waals surface area contributed by atoms with Gasteiger partial charge in [-0.3, -0.25) is 9.88 Å². The van der Waals surface area contributed by atoms with Crippen LogP contribution in [0.4, 0.5) is 0 Å². The molecule has 5 heteroatoms. The number of likely N-dealkylation sites (tertiary alicyclic amines) is 1. The van der Waals surface area contributed by atoms with Crippen LogP contribution < -0.4 is 0 Å². The van der Waals surface area contributed by atoms with Crippen LogP contribution in [0.25, 0.3) is 0 Å². The van der Waals surface area contributed by atoms with Crippen LogP contribution >= 0.6 is 0 Å². The largest absolute Gasteiger partial charge is 0.425 e. The van der Waals surface area contributed by atoms with Gasteiger partial charge in [0.25, 0.3) is 0 Å². The zero-order valence-electron chi connectivity index (χ0n) is 13.8. The summed E-state index contributed by atoms with van der Waals surface area (Å²) in [7, 11) is 0.